The lowest BCUT2D eigenvalue weighted by atomic mass is 9.99. The maximum Gasteiger partial charge on any atom is 0.416 e. The van der Waals surface area contributed by atoms with Crippen LogP contribution in [0.25, 0.3) is 5.70 Å². The maximum atomic E-state index is 13.2. The highest BCUT2D eigenvalue weighted by Gasteiger charge is 2.33. The first-order valence-electron chi connectivity index (χ1n) is 8.83. The van der Waals surface area contributed by atoms with Crippen LogP contribution in [0.15, 0.2) is 36.5 Å². The predicted molar refractivity (Wildman–Crippen MR) is 107 cm³/mol. The van der Waals surface area contributed by atoms with Crippen LogP contribution in [0.2, 0.25) is 0 Å². The number of halogens is 3. The van der Waals surface area contributed by atoms with Crippen molar-refractivity contribution in [2.24, 2.45) is 11.6 Å². The fraction of sp³-hybridized carbons (Fsp3) is 0.316. The zero-order valence-corrected chi connectivity index (χ0v) is 17.0. The molecule has 29 heavy (non-hydrogen) atoms. The van der Waals surface area contributed by atoms with Crippen LogP contribution in [0.5, 0.6) is 0 Å². The molecule has 1 aromatic heterocycles. The van der Waals surface area contributed by atoms with Crippen molar-refractivity contribution in [3.8, 4) is 0 Å². The third kappa shape index (κ3) is 5.57. The number of hydrazine groups is 1. The molecule has 0 saturated carbocycles. The Morgan fingerprint density at radius 1 is 1.38 bits per heavy atom. The Hall–Kier alpha value is -2.40. The molecule has 0 aliphatic carbocycles. The molecule has 8 N–H and O–H groups in total. The molecule has 0 saturated heterocycles. The number of alkyl halides is 3. The van der Waals surface area contributed by atoms with E-state index >= 15 is 0 Å². The Kier molecular flexibility index (Phi) is 7.42. The van der Waals surface area contributed by atoms with Gasteiger partial charge in [-0.3, -0.25) is 4.79 Å². The minimum Gasteiger partial charge on any atom is -0.347 e. The SMILES string of the molecule is Cc1sc(C(=O)NC(CN)Cc2ccccc2C(F)(F)F)cc1C(=C[NH3+])N(C)N. The summed E-state index contributed by atoms with van der Waals surface area (Å²) in [6.45, 7) is 1.86. The summed E-state index contributed by atoms with van der Waals surface area (Å²) in [5.74, 6) is 5.40. The maximum absolute atomic E-state index is 13.2. The highest BCUT2D eigenvalue weighted by atomic mass is 32.1. The first-order valence-corrected chi connectivity index (χ1v) is 9.64. The van der Waals surface area contributed by atoms with Crippen molar-refractivity contribution < 1.29 is 23.7 Å². The van der Waals surface area contributed by atoms with Crippen molar-refractivity contribution in [2.45, 2.75) is 25.6 Å². The van der Waals surface area contributed by atoms with Crippen molar-refractivity contribution in [3.63, 3.8) is 0 Å². The van der Waals surface area contributed by atoms with Crippen LogP contribution in [0, 0.1) is 6.92 Å². The van der Waals surface area contributed by atoms with Crippen molar-refractivity contribution >= 4 is 22.9 Å². The average molecular weight is 429 g/mol. The predicted octanol–water partition coefficient (Wildman–Crippen LogP) is 1.72. The number of nitrogens with one attached hydrogen (secondary N) is 1. The van der Waals surface area contributed by atoms with Gasteiger partial charge in [0.25, 0.3) is 5.91 Å². The number of benzene rings is 1. The third-order valence-corrected chi connectivity index (χ3v) is 5.45. The Morgan fingerprint density at radius 2 is 2.03 bits per heavy atom. The van der Waals surface area contributed by atoms with Crippen LogP contribution < -0.4 is 22.6 Å². The van der Waals surface area contributed by atoms with E-state index in [4.69, 9.17) is 11.6 Å². The van der Waals surface area contributed by atoms with Gasteiger partial charge in [-0.05, 0) is 31.0 Å². The van der Waals surface area contributed by atoms with Crippen LogP contribution >= 0.6 is 11.3 Å². The van der Waals surface area contributed by atoms with Crippen molar-refractivity contribution in [3.05, 3.63) is 63.0 Å². The molecule has 0 aliphatic rings. The molecule has 1 heterocycles. The Morgan fingerprint density at radius 3 is 2.59 bits per heavy atom. The zero-order valence-electron chi connectivity index (χ0n) is 16.2. The second-order valence-corrected chi connectivity index (χ2v) is 7.80. The van der Waals surface area contributed by atoms with Gasteiger partial charge in [0, 0.05) is 30.1 Å². The number of hydrogen-bond donors (Lipinski definition) is 4. The van der Waals surface area contributed by atoms with E-state index in [1.807, 2.05) is 6.92 Å². The van der Waals surface area contributed by atoms with Gasteiger partial charge in [0.1, 0.15) is 11.9 Å². The molecule has 0 radical (unpaired) electrons. The minimum absolute atomic E-state index is 0.00468. The number of hydrogen-bond acceptors (Lipinski definition) is 5. The molecule has 1 amide bonds. The molecule has 0 spiro atoms. The number of carbonyl (C=O) groups excluding carboxylic acids is 1. The number of carbonyl (C=O) groups is 1. The number of quaternary nitrogens is 1. The molecule has 1 aromatic carbocycles. The van der Waals surface area contributed by atoms with E-state index in [0.29, 0.717) is 10.6 Å². The van der Waals surface area contributed by atoms with E-state index in [9.17, 15) is 18.0 Å². The summed E-state index contributed by atoms with van der Waals surface area (Å²) in [7, 11) is 1.66. The largest absolute Gasteiger partial charge is 0.416 e. The summed E-state index contributed by atoms with van der Waals surface area (Å²) in [5.41, 5.74) is 10.2. The standard InChI is InChI=1S/C19H24F3N5OS/c1-11-14(16(10-24)27(2)25)8-17(29-11)18(28)26-13(9-23)7-12-5-3-4-6-15(12)19(20,21)22/h3-6,8,10,13H,7,9,23-25H2,1-2H3,(H,26,28)/p+1. The van der Waals surface area contributed by atoms with E-state index < -0.39 is 23.7 Å². The minimum atomic E-state index is -4.47. The van der Waals surface area contributed by atoms with Crippen LogP contribution in [0.4, 0.5) is 13.2 Å². The van der Waals surface area contributed by atoms with E-state index in [-0.39, 0.29) is 18.5 Å². The van der Waals surface area contributed by atoms with Crippen LogP contribution in [-0.2, 0) is 12.6 Å². The quantitative estimate of drug-likeness (QED) is 0.397. The van der Waals surface area contributed by atoms with Gasteiger partial charge in [-0.25, -0.2) is 5.84 Å². The molecule has 1 unspecified atom stereocenters. The normalized spacial score (nSPS) is 13.3. The van der Waals surface area contributed by atoms with Gasteiger partial charge in [-0.15, -0.1) is 11.3 Å². The number of amides is 1. The van der Waals surface area contributed by atoms with E-state index in [0.717, 1.165) is 16.5 Å². The second-order valence-electron chi connectivity index (χ2n) is 6.55. The van der Waals surface area contributed by atoms with Crippen molar-refractivity contribution in [1.82, 2.24) is 10.3 Å². The van der Waals surface area contributed by atoms with Crippen LogP contribution in [0.1, 0.15) is 31.2 Å². The number of aryl methyl sites for hydroxylation is 1. The summed E-state index contributed by atoms with van der Waals surface area (Å²) in [4.78, 5) is 14.0. The molecule has 158 valence electrons. The molecule has 0 bridgehead atoms. The lowest BCUT2D eigenvalue weighted by molar-refractivity contribution is -0.274. The Balaban J connectivity index is 2.20. The second kappa shape index (κ2) is 9.40. The fourth-order valence-corrected chi connectivity index (χ4v) is 3.91. The van der Waals surface area contributed by atoms with Gasteiger partial charge in [0.2, 0.25) is 0 Å². The van der Waals surface area contributed by atoms with Crippen LogP contribution in [0.3, 0.4) is 0 Å². The van der Waals surface area contributed by atoms with Crippen LogP contribution in [-0.4, -0.2) is 30.6 Å². The van der Waals surface area contributed by atoms with Crippen molar-refractivity contribution in [1.29, 1.82) is 0 Å². The van der Waals surface area contributed by atoms with Crippen molar-refractivity contribution in [2.75, 3.05) is 13.6 Å². The topological polar surface area (TPSA) is 112 Å². The van der Waals surface area contributed by atoms with Gasteiger partial charge >= 0.3 is 6.18 Å². The first-order chi connectivity index (χ1) is 13.6. The van der Waals surface area contributed by atoms with Gasteiger partial charge in [-0.1, -0.05) is 18.2 Å². The third-order valence-electron chi connectivity index (χ3n) is 4.40. The first kappa shape index (κ1) is 22.9. The van der Waals surface area contributed by atoms with Gasteiger partial charge in [0.15, 0.2) is 0 Å². The molecule has 0 fully saturated rings. The smallest absolute Gasteiger partial charge is 0.347 e. The monoisotopic (exact) mass is 428 g/mol. The molecule has 6 nitrogen and oxygen atoms in total. The Bertz CT molecular complexity index is 892. The summed E-state index contributed by atoms with van der Waals surface area (Å²) in [5, 5.41) is 4.14. The highest BCUT2D eigenvalue weighted by molar-refractivity contribution is 7.14. The molecular weight excluding hydrogens is 403 g/mol. The summed E-state index contributed by atoms with van der Waals surface area (Å²) in [6, 6.07) is 6.33. The number of thiophene rings is 1. The fourth-order valence-electron chi connectivity index (χ4n) is 2.98. The van der Waals surface area contributed by atoms with Gasteiger partial charge in [-0.2, -0.15) is 13.2 Å². The van der Waals surface area contributed by atoms with E-state index in [2.05, 4.69) is 11.1 Å². The van der Waals surface area contributed by atoms with E-state index in [1.54, 1.807) is 19.3 Å². The number of rotatable bonds is 7. The molecule has 1 atom stereocenters. The lowest BCUT2D eigenvalue weighted by Gasteiger charge is -2.19. The lowest BCUT2D eigenvalue weighted by Crippen LogP contribution is -2.42. The zero-order chi connectivity index (χ0) is 21.8. The molecule has 10 heteroatoms. The van der Waals surface area contributed by atoms with Gasteiger partial charge < -0.3 is 21.8 Å². The Labute approximate surface area is 171 Å². The summed E-state index contributed by atoms with van der Waals surface area (Å²) < 4.78 is 39.6. The number of nitrogens with zero attached hydrogens (tertiary/aromatic N) is 1. The highest BCUT2D eigenvalue weighted by Crippen LogP contribution is 2.32. The average Bonchev–Trinajstić information content (AvgIpc) is 3.02. The number of nitrogens with two attached hydrogens (primary N) is 2. The van der Waals surface area contributed by atoms with Gasteiger partial charge in [0.05, 0.1) is 10.4 Å². The molecule has 2 aromatic rings. The molecule has 2 rings (SSSR count). The molecular formula is C19H25F3N5OS+. The molecule has 0 aliphatic heterocycles. The van der Waals surface area contributed by atoms with E-state index in [1.165, 1.54) is 34.5 Å². The summed E-state index contributed by atoms with van der Waals surface area (Å²) >= 11 is 1.27. The summed E-state index contributed by atoms with van der Waals surface area (Å²) in [6.07, 6.45) is -2.90.